The molecule has 222 valence electrons. The normalized spacial score (nSPS) is 12.2. The Hall–Kier alpha value is -6.59. The third kappa shape index (κ3) is 3.58. The zero-order valence-corrected chi connectivity index (χ0v) is 25.4. The highest BCUT2D eigenvalue weighted by Crippen LogP contribution is 2.50. The van der Waals surface area contributed by atoms with Crippen molar-refractivity contribution in [2.75, 3.05) is 0 Å². The lowest BCUT2D eigenvalue weighted by Gasteiger charge is -2.09. The van der Waals surface area contributed by atoms with Crippen molar-refractivity contribution in [2.24, 2.45) is 0 Å². The van der Waals surface area contributed by atoms with Crippen molar-refractivity contribution in [1.29, 1.82) is 0 Å². The van der Waals surface area contributed by atoms with Crippen LogP contribution in [0.25, 0.3) is 111 Å². The predicted octanol–water partition coefficient (Wildman–Crippen LogP) is 11.5. The largest absolute Gasteiger partial charge is 0.456 e. The zero-order chi connectivity index (χ0) is 31.3. The van der Waals surface area contributed by atoms with Crippen molar-refractivity contribution in [2.45, 2.75) is 0 Å². The van der Waals surface area contributed by atoms with Crippen molar-refractivity contribution in [1.82, 2.24) is 15.0 Å². The molecular formula is C43H23N3O2. The lowest BCUT2D eigenvalue weighted by molar-refractivity contribution is 0.668. The molecule has 7 aromatic carbocycles. The molecule has 0 saturated heterocycles. The van der Waals surface area contributed by atoms with E-state index in [1.807, 2.05) is 66.7 Å². The van der Waals surface area contributed by atoms with Gasteiger partial charge < -0.3 is 8.83 Å². The molecule has 0 aliphatic heterocycles. The number of fused-ring (bicyclic) bond motifs is 10. The Kier molecular flexibility index (Phi) is 5.05. The third-order valence-corrected chi connectivity index (χ3v) is 9.66. The fourth-order valence-corrected chi connectivity index (χ4v) is 7.49. The van der Waals surface area contributed by atoms with Crippen LogP contribution >= 0.6 is 0 Å². The van der Waals surface area contributed by atoms with Gasteiger partial charge >= 0.3 is 0 Å². The van der Waals surface area contributed by atoms with Gasteiger partial charge in [0.1, 0.15) is 22.3 Å². The number of hydrogen-bond donors (Lipinski definition) is 0. The highest BCUT2D eigenvalue weighted by atomic mass is 16.3. The first kappa shape index (κ1) is 25.6. The van der Waals surface area contributed by atoms with Crippen LogP contribution in [0, 0.1) is 0 Å². The van der Waals surface area contributed by atoms with Crippen LogP contribution in [0.15, 0.2) is 148 Å². The van der Waals surface area contributed by atoms with Gasteiger partial charge in [0.25, 0.3) is 0 Å². The Bertz CT molecular complexity index is 2960. The van der Waals surface area contributed by atoms with Gasteiger partial charge in [0, 0.05) is 38.2 Å². The molecule has 1 aliphatic rings. The highest BCUT2D eigenvalue weighted by molar-refractivity contribution is 6.28. The van der Waals surface area contributed by atoms with Crippen LogP contribution < -0.4 is 0 Å². The summed E-state index contributed by atoms with van der Waals surface area (Å²) in [5, 5.41) is 6.76. The molecule has 10 aromatic rings. The highest BCUT2D eigenvalue weighted by Gasteiger charge is 2.25. The van der Waals surface area contributed by atoms with E-state index >= 15 is 0 Å². The number of nitrogens with zero attached hydrogens (tertiary/aromatic N) is 3. The van der Waals surface area contributed by atoms with E-state index in [4.69, 9.17) is 23.8 Å². The molecule has 0 bridgehead atoms. The second-order valence-corrected chi connectivity index (χ2v) is 12.4. The van der Waals surface area contributed by atoms with E-state index in [-0.39, 0.29) is 0 Å². The summed E-state index contributed by atoms with van der Waals surface area (Å²) < 4.78 is 12.7. The predicted molar refractivity (Wildman–Crippen MR) is 193 cm³/mol. The molecule has 0 N–H and O–H groups in total. The van der Waals surface area contributed by atoms with E-state index < -0.39 is 0 Å². The van der Waals surface area contributed by atoms with Crippen LogP contribution in [0.3, 0.4) is 0 Å². The van der Waals surface area contributed by atoms with Crippen molar-refractivity contribution in [3.05, 3.63) is 140 Å². The van der Waals surface area contributed by atoms with Crippen LogP contribution in [-0.2, 0) is 0 Å². The monoisotopic (exact) mass is 613 g/mol. The second-order valence-electron chi connectivity index (χ2n) is 12.4. The molecule has 3 aromatic heterocycles. The van der Waals surface area contributed by atoms with Gasteiger partial charge in [-0.1, -0.05) is 97.1 Å². The molecule has 48 heavy (non-hydrogen) atoms. The van der Waals surface area contributed by atoms with Crippen LogP contribution in [0.1, 0.15) is 0 Å². The maximum absolute atomic E-state index is 6.52. The molecular weight excluding hydrogens is 590 g/mol. The SMILES string of the molecule is c1ccc(-c2nc(-c3ccc4c(c3)oc3ccccc34)nc(-c3ccc4oc5cc6c7c(cccc7c5c4c3)-c3ccccc3-6)n2)cc1. The summed E-state index contributed by atoms with van der Waals surface area (Å²) in [5.74, 6) is 1.79. The Labute approximate surface area is 273 Å². The molecule has 0 unspecified atom stereocenters. The van der Waals surface area contributed by atoms with Gasteiger partial charge in [-0.15, -0.1) is 0 Å². The Morgan fingerprint density at radius 2 is 0.917 bits per heavy atom. The molecule has 11 rings (SSSR count). The van der Waals surface area contributed by atoms with Crippen molar-refractivity contribution >= 4 is 54.6 Å². The van der Waals surface area contributed by atoms with Crippen LogP contribution in [-0.4, -0.2) is 15.0 Å². The first-order chi connectivity index (χ1) is 23.8. The Morgan fingerprint density at radius 3 is 1.77 bits per heavy atom. The summed E-state index contributed by atoms with van der Waals surface area (Å²) in [6.07, 6.45) is 0. The van der Waals surface area contributed by atoms with Gasteiger partial charge in [-0.3, -0.25) is 0 Å². The number of benzene rings is 7. The van der Waals surface area contributed by atoms with Gasteiger partial charge in [-0.05, 0) is 75.5 Å². The van der Waals surface area contributed by atoms with E-state index in [0.717, 1.165) is 60.6 Å². The van der Waals surface area contributed by atoms with E-state index in [1.165, 1.54) is 33.0 Å². The molecule has 0 saturated carbocycles. The number of para-hydroxylation sites is 1. The summed E-state index contributed by atoms with van der Waals surface area (Å²) >= 11 is 0. The summed E-state index contributed by atoms with van der Waals surface area (Å²) in [6.45, 7) is 0. The van der Waals surface area contributed by atoms with Crippen LogP contribution in [0.2, 0.25) is 0 Å². The smallest absolute Gasteiger partial charge is 0.164 e. The Morgan fingerprint density at radius 1 is 0.312 bits per heavy atom. The van der Waals surface area contributed by atoms with E-state index in [2.05, 4.69) is 72.8 Å². The molecule has 0 radical (unpaired) electrons. The minimum Gasteiger partial charge on any atom is -0.456 e. The first-order valence-corrected chi connectivity index (χ1v) is 16.0. The molecule has 5 heteroatoms. The third-order valence-electron chi connectivity index (χ3n) is 9.66. The lowest BCUT2D eigenvalue weighted by atomic mass is 9.98. The number of hydrogen-bond acceptors (Lipinski definition) is 5. The second kappa shape index (κ2) is 9.47. The van der Waals surface area contributed by atoms with Crippen LogP contribution in [0.4, 0.5) is 0 Å². The summed E-state index contributed by atoms with van der Waals surface area (Å²) in [4.78, 5) is 15.1. The molecule has 5 nitrogen and oxygen atoms in total. The number of aromatic nitrogens is 3. The van der Waals surface area contributed by atoms with Crippen molar-refractivity contribution < 1.29 is 8.83 Å². The summed E-state index contributed by atoms with van der Waals surface area (Å²) in [7, 11) is 0. The average Bonchev–Trinajstić information content (AvgIpc) is 3.82. The fraction of sp³-hybridized carbons (Fsp3) is 0. The zero-order valence-electron chi connectivity index (χ0n) is 25.4. The molecule has 0 fully saturated rings. The first-order valence-electron chi connectivity index (χ1n) is 16.0. The minimum absolute atomic E-state index is 0.585. The maximum Gasteiger partial charge on any atom is 0.164 e. The van der Waals surface area contributed by atoms with E-state index in [9.17, 15) is 0 Å². The standard InChI is InChI=1S/C43H23N3O2/c1-2-9-24(10-3-1)41-44-42(46-43(45-41)26-17-19-30-29-13-6-7-16-35(29)47-37(30)22-26)25-18-20-36-34(21-25)40-32-15-8-14-31-27-11-4-5-12-28(27)33(39(31)32)23-38(40)48-36/h1-23H. The molecule has 3 heterocycles. The summed E-state index contributed by atoms with van der Waals surface area (Å²) in [6, 6.07) is 48.0. The summed E-state index contributed by atoms with van der Waals surface area (Å²) in [5.41, 5.74) is 11.0. The van der Waals surface area contributed by atoms with Gasteiger partial charge in [0.15, 0.2) is 17.5 Å². The molecule has 0 amide bonds. The van der Waals surface area contributed by atoms with Crippen LogP contribution in [0.5, 0.6) is 0 Å². The van der Waals surface area contributed by atoms with Gasteiger partial charge in [0.05, 0.1) is 0 Å². The number of rotatable bonds is 3. The average molecular weight is 614 g/mol. The van der Waals surface area contributed by atoms with Crippen molar-refractivity contribution in [3.63, 3.8) is 0 Å². The van der Waals surface area contributed by atoms with Gasteiger partial charge in [-0.25, -0.2) is 15.0 Å². The Balaban J connectivity index is 1.13. The van der Waals surface area contributed by atoms with Gasteiger partial charge in [0.2, 0.25) is 0 Å². The van der Waals surface area contributed by atoms with Crippen molar-refractivity contribution in [3.8, 4) is 56.4 Å². The lowest BCUT2D eigenvalue weighted by Crippen LogP contribution is -2.00. The molecule has 1 aliphatic carbocycles. The van der Waals surface area contributed by atoms with Gasteiger partial charge in [-0.2, -0.15) is 0 Å². The minimum atomic E-state index is 0.585. The molecule has 0 atom stereocenters. The quantitative estimate of drug-likeness (QED) is 0.198. The van der Waals surface area contributed by atoms with E-state index in [1.54, 1.807) is 0 Å². The number of furan rings is 2. The maximum atomic E-state index is 6.52. The fourth-order valence-electron chi connectivity index (χ4n) is 7.49. The van der Waals surface area contributed by atoms with E-state index in [0.29, 0.717) is 17.5 Å². The topological polar surface area (TPSA) is 65.0 Å². The molecule has 0 spiro atoms.